The van der Waals surface area contributed by atoms with Gasteiger partial charge in [0.15, 0.2) is 0 Å². The number of rotatable bonds is 2. The summed E-state index contributed by atoms with van der Waals surface area (Å²) in [4.78, 5) is 0. The zero-order valence-corrected chi connectivity index (χ0v) is 12.2. The van der Waals surface area contributed by atoms with Gasteiger partial charge in [-0.1, -0.05) is 48.0 Å². The van der Waals surface area contributed by atoms with Crippen molar-refractivity contribution in [1.82, 2.24) is 4.57 Å². The fourth-order valence-electron chi connectivity index (χ4n) is 2.76. The van der Waals surface area contributed by atoms with Crippen LogP contribution in [-0.4, -0.2) is 4.57 Å². The van der Waals surface area contributed by atoms with Crippen molar-refractivity contribution < 1.29 is 0 Å². The molecule has 1 nitrogen and oxygen atoms in total. The van der Waals surface area contributed by atoms with Gasteiger partial charge in [0.25, 0.3) is 0 Å². The largest absolute Gasteiger partial charge is 0.318 e. The number of aromatic nitrogens is 1. The van der Waals surface area contributed by atoms with Gasteiger partial charge in [0.1, 0.15) is 0 Å². The Morgan fingerprint density at radius 1 is 0.750 bits per heavy atom. The summed E-state index contributed by atoms with van der Waals surface area (Å²) in [6.45, 7) is 6.48. The zero-order chi connectivity index (χ0) is 14.1. The highest BCUT2D eigenvalue weighted by atomic mass is 15.0. The van der Waals surface area contributed by atoms with E-state index in [4.69, 9.17) is 0 Å². The van der Waals surface area contributed by atoms with E-state index in [9.17, 15) is 0 Å². The van der Waals surface area contributed by atoms with E-state index in [0.29, 0.717) is 0 Å². The lowest BCUT2D eigenvalue weighted by molar-refractivity contribution is 0.967. The van der Waals surface area contributed by atoms with Gasteiger partial charge < -0.3 is 4.57 Å². The van der Waals surface area contributed by atoms with Gasteiger partial charge in [-0.25, -0.2) is 0 Å². The van der Waals surface area contributed by atoms with Crippen LogP contribution < -0.4 is 0 Å². The maximum atomic E-state index is 2.31. The first-order valence-electron chi connectivity index (χ1n) is 6.98. The second kappa shape index (κ2) is 5.01. The molecule has 0 N–H and O–H groups in total. The minimum absolute atomic E-state index is 1.22. The van der Waals surface area contributed by atoms with Crippen molar-refractivity contribution in [1.29, 1.82) is 0 Å². The van der Waals surface area contributed by atoms with E-state index in [1.807, 2.05) is 0 Å². The smallest absolute Gasteiger partial charge is 0.0455 e. The van der Waals surface area contributed by atoms with Crippen LogP contribution in [0.4, 0.5) is 0 Å². The minimum Gasteiger partial charge on any atom is -0.318 e. The molecule has 0 aliphatic carbocycles. The predicted molar refractivity (Wildman–Crippen MR) is 85.4 cm³/mol. The van der Waals surface area contributed by atoms with Gasteiger partial charge in [-0.3, -0.25) is 0 Å². The maximum Gasteiger partial charge on any atom is 0.0455 e. The third kappa shape index (κ3) is 2.16. The van der Waals surface area contributed by atoms with E-state index in [-0.39, 0.29) is 0 Å². The van der Waals surface area contributed by atoms with Gasteiger partial charge in [-0.2, -0.15) is 0 Å². The Hall–Kier alpha value is -2.28. The molecule has 20 heavy (non-hydrogen) atoms. The topological polar surface area (TPSA) is 4.93 Å². The molecule has 0 unspecified atom stereocenters. The summed E-state index contributed by atoms with van der Waals surface area (Å²) in [7, 11) is 0. The van der Waals surface area contributed by atoms with Gasteiger partial charge in [0.05, 0.1) is 0 Å². The van der Waals surface area contributed by atoms with Crippen LogP contribution in [0.5, 0.6) is 0 Å². The van der Waals surface area contributed by atoms with Crippen molar-refractivity contribution >= 4 is 0 Å². The molecule has 0 aliphatic rings. The van der Waals surface area contributed by atoms with Crippen molar-refractivity contribution in [2.45, 2.75) is 20.8 Å². The van der Waals surface area contributed by atoms with Crippen LogP contribution in [0.2, 0.25) is 0 Å². The molecule has 0 radical (unpaired) electrons. The average Bonchev–Trinajstić information content (AvgIpc) is 2.76. The first-order chi connectivity index (χ1) is 9.66. The van der Waals surface area contributed by atoms with Crippen LogP contribution >= 0.6 is 0 Å². The highest BCUT2D eigenvalue weighted by molar-refractivity contribution is 5.68. The SMILES string of the molecule is Cc1ccc(-c2cc(C)n(-c3ccccc3)c2C)cc1. The molecule has 0 saturated carbocycles. The first kappa shape index (κ1) is 12.7. The quantitative estimate of drug-likeness (QED) is 0.607. The Morgan fingerprint density at radius 3 is 2.05 bits per heavy atom. The normalized spacial score (nSPS) is 10.8. The summed E-state index contributed by atoms with van der Waals surface area (Å²) in [5, 5.41) is 0. The number of para-hydroxylation sites is 1. The van der Waals surface area contributed by atoms with Crippen LogP contribution in [0.3, 0.4) is 0 Å². The summed E-state index contributed by atoms with van der Waals surface area (Å²) < 4.78 is 2.31. The molecule has 1 heteroatoms. The van der Waals surface area contributed by atoms with Gasteiger partial charge >= 0.3 is 0 Å². The number of nitrogens with zero attached hydrogens (tertiary/aromatic N) is 1. The number of benzene rings is 2. The molecule has 0 spiro atoms. The Morgan fingerprint density at radius 2 is 1.40 bits per heavy atom. The lowest BCUT2D eigenvalue weighted by Gasteiger charge is -2.10. The Labute approximate surface area is 120 Å². The molecule has 1 aromatic heterocycles. The van der Waals surface area contributed by atoms with E-state index in [1.54, 1.807) is 0 Å². The molecule has 2 aromatic carbocycles. The molecular weight excluding hydrogens is 242 g/mol. The summed E-state index contributed by atoms with van der Waals surface area (Å²) in [6.07, 6.45) is 0. The molecule has 0 bridgehead atoms. The summed E-state index contributed by atoms with van der Waals surface area (Å²) in [5.74, 6) is 0. The van der Waals surface area contributed by atoms with E-state index in [0.717, 1.165) is 0 Å². The third-order valence-electron chi connectivity index (χ3n) is 3.81. The number of hydrogen-bond acceptors (Lipinski definition) is 0. The second-order valence-electron chi connectivity index (χ2n) is 5.32. The van der Waals surface area contributed by atoms with Gasteiger partial charge in [0, 0.05) is 22.6 Å². The summed E-state index contributed by atoms with van der Waals surface area (Å²) >= 11 is 0. The molecule has 0 aliphatic heterocycles. The molecule has 3 rings (SSSR count). The van der Waals surface area contributed by atoms with E-state index in [1.165, 1.54) is 33.8 Å². The van der Waals surface area contributed by atoms with Crippen LogP contribution in [0.25, 0.3) is 16.8 Å². The zero-order valence-electron chi connectivity index (χ0n) is 12.2. The average molecular weight is 261 g/mol. The summed E-state index contributed by atoms with van der Waals surface area (Å²) in [6, 6.07) is 21.5. The van der Waals surface area contributed by atoms with E-state index < -0.39 is 0 Å². The lowest BCUT2D eigenvalue weighted by atomic mass is 10.0. The molecule has 3 aromatic rings. The second-order valence-corrected chi connectivity index (χ2v) is 5.32. The Bertz CT molecular complexity index is 718. The van der Waals surface area contributed by atoms with Crippen molar-refractivity contribution in [3.63, 3.8) is 0 Å². The first-order valence-corrected chi connectivity index (χ1v) is 6.98. The third-order valence-corrected chi connectivity index (χ3v) is 3.81. The molecule has 0 saturated heterocycles. The fourth-order valence-corrected chi connectivity index (χ4v) is 2.76. The van der Waals surface area contributed by atoms with Crippen molar-refractivity contribution in [2.24, 2.45) is 0 Å². The van der Waals surface area contributed by atoms with Crippen LogP contribution in [0.15, 0.2) is 60.7 Å². The standard InChI is InChI=1S/C19H19N/c1-14-9-11-17(12-10-14)19-13-15(2)20(16(19)3)18-7-5-4-6-8-18/h4-13H,1-3H3. The Balaban J connectivity index is 2.14. The molecular formula is C19H19N. The minimum atomic E-state index is 1.22. The fraction of sp³-hybridized carbons (Fsp3) is 0.158. The molecule has 0 atom stereocenters. The van der Waals surface area contributed by atoms with Gasteiger partial charge in [-0.15, -0.1) is 0 Å². The molecule has 100 valence electrons. The highest BCUT2D eigenvalue weighted by Gasteiger charge is 2.11. The van der Waals surface area contributed by atoms with Crippen molar-refractivity contribution in [3.8, 4) is 16.8 Å². The maximum absolute atomic E-state index is 2.31. The van der Waals surface area contributed by atoms with Crippen LogP contribution in [0, 0.1) is 20.8 Å². The number of aryl methyl sites for hydroxylation is 2. The predicted octanol–water partition coefficient (Wildman–Crippen LogP) is 5.07. The monoisotopic (exact) mass is 261 g/mol. The van der Waals surface area contributed by atoms with E-state index in [2.05, 4.69) is 86.0 Å². The van der Waals surface area contributed by atoms with Crippen LogP contribution in [-0.2, 0) is 0 Å². The van der Waals surface area contributed by atoms with Crippen molar-refractivity contribution in [2.75, 3.05) is 0 Å². The molecule has 0 fully saturated rings. The highest BCUT2D eigenvalue weighted by Crippen LogP contribution is 2.29. The molecule has 1 heterocycles. The van der Waals surface area contributed by atoms with Crippen LogP contribution in [0.1, 0.15) is 17.0 Å². The van der Waals surface area contributed by atoms with Crippen molar-refractivity contribution in [3.05, 3.63) is 77.6 Å². The Kier molecular flexibility index (Phi) is 3.19. The lowest BCUT2D eigenvalue weighted by Crippen LogP contribution is -1.98. The van der Waals surface area contributed by atoms with Gasteiger partial charge in [0.2, 0.25) is 0 Å². The van der Waals surface area contributed by atoms with E-state index >= 15 is 0 Å². The summed E-state index contributed by atoms with van der Waals surface area (Å²) in [5.41, 5.74) is 7.67. The molecule has 0 amide bonds. The van der Waals surface area contributed by atoms with Gasteiger partial charge in [-0.05, 0) is 44.5 Å². The number of hydrogen-bond donors (Lipinski definition) is 0.